The van der Waals surface area contributed by atoms with Crippen molar-refractivity contribution in [1.29, 1.82) is 0 Å². The fourth-order valence-corrected chi connectivity index (χ4v) is 3.75. The molecule has 2 saturated heterocycles. The summed E-state index contributed by atoms with van der Waals surface area (Å²) in [6, 6.07) is 0. The fraction of sp³-hybridized carbons (Fsp3) is 0.625. The van der Waals surface area contributed by atoms with Crippen molar-refractivity contribution in [2.45, 2.75) is 25.7 Å². The molecule has 3 heterocycles. The Balaban J connectivity index is 1.74. The van der Waals surface area contributed by atoms with E-state index in [1.165, 1.54) is 13.2 Å². The van der Waals surface area contributed by atoms with Crippen LogP contribution in [0.15, 0.2) is 15.8 Å². The minimum atomic E-state index is -0.507. The predicted molar refractivity (Wildman–Crippen MR) is 86.5 cm³/mol. The van der Waals surface area contributed by atoms with E-state index in [4.69, 9.17) is 0 Å². The van der Waals surface area contributed by atoms with E-state index in [0.717, 1.165) is 24.0 Å². The van der Waals surface area contributed by atoms with Crippen molar-refractivity contribution >= 4 is 11.8 Å². The van der Waals surface area contributed by atoms with Gasteiger partial charge in [0, 0.05) is 45.5 Å². The number of rotatable bonds is 2. The van der Waals surface area contributed by atoms with Crippen LogP contribution in [0, 0.1) is 5.41 Å². The van der Waals surface area contributed by atoms with Gasteiger partial charge in [0.1, 0.15) is 0 Å². The van der Waals surface area contributed by atoms with Gasteiger partial charge in [0.05, 0.1) is 11.8 Å². The van der Waals surface area contributed by atoms with Crippen LogP contribution in [0.5, 0.6) is 0 Å². The standard InChI is InChI=1S/C16H22N4O4/c1-18-6-3-4-16(14(18)23)5-7-20(10-16)12(21)8-11-9-17-15(24)19(2)13(11)22/h9H,3-8,10H2,1-2H3,(H,17,24). The van der Waals surface area contributed by atoms with Gasteiger partial charge in [-0.05, 0) is 19.3 Å². The lowest BCUT2D eigenvalue weighted by molar-refractivity contribution is -0.144. The summed E-state index contributed by atoms with van der Waals surface area (Å²) < 4.78 is 0.952. The molecule has 1 unspecified atom stereocenters. The first-order valence-corrected chi connectivity index (χ1v) is 8.15. The van der Waals surface area contributed by atoms with Crippen LogP contribution in [-0.2, 0) is 23.1 Å². The fourth-order valence-electron chi connectivity index (χ4n) is 3.75. The number of hydrogen-bond acceptors (Lipinski definition) is 4. The Hall–Kier alpha value is -2.38. The molecule has 0 saturated carbocycles. The number of likely N-dealkylation sites (tertiary alicyclic amines) is 2. The van der Waals surface area contributed by atoms with Crippen molar-refractivity contribution < 1.29 is 9.59 Å². The van der Waals surface area contributed by atoms with Crippen molar-refractivity contribution in [3.05, 3.63) is 32.6 Å². The predicted octanol–water partition coefficient (Wildman–Crippen LogP) is -0.913. The second-order valence-electron chi connectivity index (χ2n) is 6.84. The van der Waals surface area contributed by atoms with Gasteiger partial charge in [-0.25, -0.2) is 4.79 Å². The van der Waals surface area contributed by atoms with E-state index in [2.05, 4.69) is 4.98 Å². The van der Waals surface area contributed by atoms with Crippen LogP contribution < -0.4 is 11.2 Å². The number of hydrogen-bond donors (Lipinski definition) is 1. The molecule has 2 fully saturated rings. The van der Waals surface area contributed by atoms with Crippen LogP contribution in [0.4, 0.5) is 0 Å². The third kappa shape index (κ3) is 2.65. The second kappa shape index (κ2) is 5.92. The summed E-state index contributed by atoms with van der Waals surface area (Å²) in [5.41, 5.74) is -1.17. The number of amides is 2. The zero-order valence-corrected chi connectivity index (χ0v) is 14.0. The third-order valence-corrected chi connectivity index (χ3v) is 5.25. The molecule has 0 bridgehead atoms. The molecule has 2 aliphatic heterocycles. The molecular weight excluding hydrogens is 312 g/mol. The van der Waals surface area contributed by atoms with Gasteiger partial charge in [0.15, 0.2) is 0 Å². The molecule has 8 heteroatoms. The van der Waals surface area contributed by atoms with E-state index in [9.17, 15) is 19.2 Å². The van der Waals surface area contributed by atoms with Gasteiger partial charge in [-0.1, -0.05) is 0 Å². The minimum absolute atomic E-state index is 0.0659. The average molecular weight is 334 g/mol. The Kier molecular flexibility index (Phi) is 4.06. The van der Waals surface area contributed by atoms with Gasteiger partial charge >= 0.3 is 5.69 Å². The van der Waals surface area contributed by atoms with Crippen LogP contribution in [0.25, 0.3) is 0 Å². The number of aromatic nitrogens is 2. The van der Waals surface area contributed by atoms with E-state index >= 15 is 0 Å². The number of carbonyl (C=O) groups excluding carboxylic acids is 2. The van der Waals surface area contributed by atoms with Crippen molar-refractivity contribution in [3.8, 4) is 0 Å². The highest BCUT2D eigenvalue weighted by atomic mass is 16.2. The summed E-state index contributed by atoms with van der Waals surface area (Å²) in [4.78, 5) is 54.3. The van der Waals surface area contributed by atoms with Crippen molar-refractivity contribution in [2.75, 3.05) is 26.7 Å². The van der Waals surface area contributed by atoms with Crippen LogP contribution in [-0.4, -0.2) is 57.8 Å². The SMILES string of the molecule is CN1CCCC2(CCN(C(=O)Cc3c[nH]c(=O)n(C)c3=O)C2)C1=O. The second-order valence-corrected chi connectivity index (χ2v) is 6.84. The maximum Gasteiger partial charge on any atom is 0.328 e. The molecule has 24 heavy (non-hydrogen) atoms. The molecule has 1 atom stereocenters. The summed E-state index contributed by atoms with van der Waals surface area (Å²) in [7, 11) is 3.17. The van der Waals surface area contributed by atoms with E-state index in [1.807, 2.05) is 0 Å². The van der Waals surface area contributed by atoms with Gasteiger partial charge in [0.2, 0.25) is 11.8 Å². The van der Waals surface area contributed by atoms with Crippen molar-refractivity contribution in [3.63, 3.8) is 0 Å². The largest absolute Gasteiger partial charge is 0.345 e. The molecule has 1 spiro atoms. The first-order chi connectivity index (χ1) is 11.3. The highest BCUT2D eigenvalue weighted by Gasteiger charge is 2.48. The third-order valence-electron chi connectivity index (χ3n) is 5.25. The minimum Gasteiger partial charge on any atom is -0.345 e. The monoisotopic (exact) mass is 334 g/mol. The number of nitrogens with zero attached hydrogens (tertiary/aromatic N) is 3. The summed E-state index contributed by atoms with van der Waals surface area (Å²) in [6.07, 6.45) is 3.66. The quantitative estimate of drug-likeness (QED) is 0.757. The molecule has 0 aliphatic carbocycles. The Labute approximate surface area is 139 Å². The van der Waals surface area contributed by atoms with Crippen LogP contribution in [0.3, 0.4) is 0 Å². The zero-order chi connectivity index (χ0) is 17.5. The maximum atomic E-state index is 12.5. The molecule has 1 aromatic heterocycles. The van der Waals surface area contributed by atoms with E-state index < -0.39 is 16.7 Å². The van der Waals surface area contributed by atoms with Crippen molar-refractivity contribution in [2.24, 2.45) is 12.5 Å². The van der Waals surface area contributed by atoms with Gasteiger partial charge in [-0.3, -0.25) is 19.0 Å². The summed E-state index contributed by atoms with van der Waals surface area (Å²) in [5.74, 6) is -0.0685. The smallest absolute Gasteiger partial charge is 0.328 e. The van der Waals surface area contributed by atoms with Crippen LogP contribution >= 0.6 is 0 Å². The number of carbonyl (C=O) groups is 2. The Morgan fingerprint density at radius 3 is 2.71 bits per heavy atom. The topological polar surface area (TPSA) is 95.5 Å². The normalized spacial score (nSPS) is 24.0. The highest BCUT2D eigenvalue weighted by molar-refractivity contribution is 5.86. The van der Waals surface area contributed by atoms with Gasteiger partial charge in [-0.2, -0.15) is 0 Å². The molecule has 2 aliphatic rings. The van der Waals surface area contributed by atoms with E-state index in [0.29, 0.717) is 19.5 Å². The molecule has 130 valence electrons. The molecule has 0 aromatic carbocycles. The molecular formula is C16H22N4O4. The molecule has 0 radical (unpaired) electrons. The van der Waals surface area contributed by atoms with Crippen LogP contribution in [0.2, 0.25) is 0 Å². The molecule has 1 N–H and O–H groups in total. The summed E-state index contributed by atoms with van der Waals surface area (Å²) in [6.45, 7) is 1.71. The van der Waals surface area contributed by atoms with Gasteiger partial charge in [-0.15, -0.1) is 0 Å². The number of piperidine rings is 1. The van der Waals surface area contributed by atoms with Gasteiger partial charge in [0.25, 0.3) is 5.56 Å². The van der Waals surface area contributed by atoms with Gasteiger partial charge < -0.3 is 14.8 Å². The molecule has 1 aromatic rings. The highest BCUT2D eigenvalue weighted by Crippen LogP contribution is 2.39. The number of H-pyrrole nitrogens is 1. The number of nitrogens with one attached hydrogen (secondary N) is 1. The summed E-state index contributed by atoms with van der Waals surface area (Å²) >= 11 is 0. The first-order valence-electron chi connectivity index (χ1n) is 8.15. The molecule has 8 nitrogen and oxygen atoms in total. The Morgan fingerprint density at radius 1 is 1.21 bits per heavy atom. The lowest BCUT2D eigenvalue weighted by Crippen LogP contribution is -2.48. The Bertz CT molecular complexity index is 796. The lowest BCUT2D eigenvalue weighted by Gasteiger charge is -2.37. The summed E-state index contributed by atoms with van der Waals surface area (Å²) in [5, 5.41) is 0. The van der Waals surface area contributed by atoms with E-state index in [-0.39, 0.29) is 23.8 Å². The number of aromatic amines is 1. The van der Waals surface area contributed by atoms with Crippen molar-refractivity contribution in [1.82, 2.24) is 19.4 Å². The molecule has 2 amide bonds. The average Bonchev–Trinajstić information content (AvgIpc) is 2.98. The van der Waals surface area contributed by atoms with E-state index in [1.54, 1.807) is 16.8 Å². The first kappa shape index (κ1) is 16.5. The Morgan fingerprint density at radius 2 is 1.96 bits per heavy atom. The lowest BCUT2D eigenvalue weighted by atomic mass is 9.78. The molecule has 3 rings (SSSR count). The maximum absolute atomic E-state index is 12.5. The van der Waals surface area contributed by atoms with Crippen LogP contribution in [0.1, 0.15) is 24.8 Å². The zero-order valence-electron chi connectivity index (χ0n) is 14.0.